The Hall–Kier alpha value is -2.50. The van der Waals surface area contributed by atoms with Crippen molar-refractivity contribution in [3.63, 3.8) is 0 Å². The van der Waals surface area contributed by atoms with E-state index in [9.17, 15) is 22.8 Å². The molecule has 4 atom stereocenters. The van der Waals surface area contributed by atoms with E-state index in [0.717, 1.165) is 16.2 Å². The Kier molecular flexibility index (Phi) is 7.93. The zero-order valence-electron chi connectivity index (χ0n) is 20.8. The van der Waals surface area contributed by atoms with Crippen LogP contribution < -0.4 is 5.73 Å². The number of nitrogens with two attached hydrogens (primary N) is 1. The monoisotopic (exact) mass is 510 g/mol. The number of esters is 1. The summed E-state index contributed by atoms with van der Waals surface area (Å²) in [5.41, 5.74) is 6.99. The average molecular weight is 511 g/mol. The number of carbonyl (C=O) groups excluding carboxylic acids is 3. The number of hydroxylamine groups is 2. The molecular formula is C24H34N2O8S. The average Bonchev–Trinajstić information content (AvgIpc) is 2.88. The van der Waals surface area contributed by atoms with E-state index >= 15 is 0 Å². The largest absolute Gasteiger partial charge is 0.462 e. The summed E-state index contributed by atoms with van der Waals surface area (Å²) in [4.78, 5) is 36.4. The SMILES string of the molecule is Cc1cccc(C)c1C(=O)OCCCC(C)(C)COS(=O)(=O)ON1C(=O)C2[C@@H](C[C@H]2C(N)=O)[C@@H]1C. The zero-order chi connectivity index (χ0) is 26.1. The van der Waals surface area contributed by atoms with E-state index in [2.05, 4.69) is 0 Å². The van der Waals surface area contributed by atoms with Gasteiger partial charge in [-0.15, -0.1) is 4.28 Å². The summed E-state index contributed by atoms with van der Waals surface area (Å²) in [5, 5.41) is 0.785. The summed E-state index contributed by atoms with van der Waals surface area (Å²) >= 11 is 0. The number of amides is 2. The third-order valence-electron chi connectivity index (χ3n) is 6.96. The molecule has 2 N–H and O–H groups in total. The minimum absolute atomic E-state index is 0.183. The minimum Gasteiger partial charge on any atom is -0.462 e. The molecule has 0 bridgehead atoms. The van der Waals surface area contributed by atoms with Gasteiger partial charge in [-0.2, -0.15) is 13.5 Å². The van der Waals surface area contributed by atoms with Crippen molar-refractivity contribution in [2.75, 3.05) is 13.2 Å². The van der Waals surface area contributed by atoms with Gasteiger partial charge in [-0.1, -0.05) is 32.0 Å². The number of rotatable bonds is 11. The summed E-state index contributed by atoms with van der Waals surface area (Å²) in [5.74, 6) is -2.97. The molecule has 2 fully saturated rings. The van der Waals surface area contributed by atoms with Crippen molar-refractivity contribution in [1.82, 2.24) is 5.06 Å². The number of primary amides is 1. The van der Waals surface area contributed by atoms with E-state index in [4.69, 9.17) is 18.9 Å². The molecule has 35 heavy (non-hydrogen) atoms. The van der Waals surface area contributed by atoms with Gasteiger partial charge in [0.25, 0.3) is 5.91 Å². The first-order chi connectivity index (χ1) is 16.2. The van der Waals surface area contributed by atoms with Gasteiger partial charge in [-0.25, -0.2) is 8.98 Å². The van der Waals surface area contributed by atoms with E-state index in [0.29, 0.717) is 24.8 Å². The van der Waals surface area contributed by atoms with E-state index in [1.165, 1.54) is 0 Å². The molecule has 1 unspecified atom stereocenters. The molecule has 1 saturated heterocycles. The van der Waals surface area contributed by atoms with Crippen LogP contribution in [0.25, 0.3) is 0 Å². The lowest BCUT2D eigenvalue weighted by Gasteiger charge is -2.36. The molecule has 0 aromatic heterocycles. The van der Waals surface area contributed by atoms with Crippen LogP contribution >= 0.6 is 0 Å². The van der Waals surface area contributed by atoms with Crippen LogP contribution in [0.4, 0.5) is 0 Å². The van der Waals surface area contributed by atoms with Crippen LogP contribution in [-0.4, -0.2) is 50.5 Å². The molecule has 1 aromatic rings. The van der Waals surface area contributed by atoms with E-state index in [1.54, 1.807) is 6.92 Å². The van der Waals surface area contributed by atoms with Crippen molar-refractivity contribution in [2.24, 2.45) is 28.9 Å². The molecule has 2 amide bonds. The number of hydrogen-bond donors (Lipinski definition) is 1. The van der Waals surface area contributed by atoms with Crippen LogP contribution in [0, 0.1) is 37.0 Å². The van der Waals surface area contributed by atoms with Gasteiger partial charge in [-0.05, 0) is 62.5 Å². The van der Waals surface area contributed by atoms with Gasteiger partial charge in [0.15, 0.2) is 0 Å². The smallest absolute Gasteiger partial charge is 0.421 e. The summed E-state index contributed by atoms with van der Waals surface area (Å²) in [6.45, 7) is 9.00. The highest BCUT2D eigenvalue weighted by atomic mass is 32.3. The van der Waals surface area contributed by atoms with E-state index in [-0.39, 0.29) is 25.1 Å². The molecule has 10 nitrogen and oxygen atoms in total. The molecule has 0 spiro atoms. The van der Waals surface area contributed by atoms with Gasteiger partial charge >= 0.3 is 16.4 Å². The highest BCUT2D eigenvalue weighted by molar-refractivity contribution is 7.81. The topological polar surface area (TPSA) is 142 Å². The third-order valence-corrected chi connectivity index (χ3v) is 7.71. The van der Waals surface area contributed by atoms with Gasteiger partial charge in [0.05, 0.1) is 36.7 Å². The van der Waals surface area contributed by atoms with Crippen LogP contribution in [0.1, 0.15) is 61.5 Å². The molecule has 2 aliphatic rings. The fraction of sp³-hybridized carbons (Fsp3) is 0.625. The number of fused-ring (bicyclic) bond motifs is 1. The van der Waals surface area contributed by atoms with Crippen molar-refractivity contribution in [3.05, 3.63) is 34.9 Å². The molecule has 194 valence electrons. The predicted molar refractivity (Wildman–Crippen MR) is 126 cm³/mol. The van der Waals surface area contributed by atoms with Gasteiger partial charge in [0, 0.05) is 0 Å². The molecule has 1 aliphatic carbocycles. The minimum atomic E-state index is -4.51. The lowest BCUT2D eigenvalue weighted by molar-refractivity contribution is -0.160. The van der Waals surface area contributed by atoms with Crippen LogP contribution in [0.2, 0.25) is 0 Å². The number of nitrogens with zero attached hydrogens (tertiary/aromatic N) is 1. The Balaban J connectivity index is 1.45. The third kappa shape index (κ3) is 6.02. The van der Waals surface area contributed by atoms with E-state index in [1.807, 2.05) is 45.9 Å². The van der Waals surface area contributed by atoms with Crippen molar-refractivity contribution in [1.29, 1.82) is 0 Å². The first kappa shape index (κ1) is 27.1. The molecule has 1 saturated carbocycles. The molecule has 1 aliphatic heterocycles. The maximum absolute atomic E-state index is 12.6. The molecule has 11 heteroatoms. The number of hydrogen-bond acceptors (Lipinski definition) is 8. The van der Waals surface area contributed by atoms with Crippen molar-refractivity contribution >= 4 is 28.2 Å². The van der Waals surface area contributed by atoms with Crippen LogP contribution in [0.3, 0.4) is 0 Å². The highest BCUT2D eigenvalue weighted by Crippen LogP contribution is 2.50. The number of ether oxygens (including phenoxy) is 1. The fourth-order valence-electron chi connectivity index (χ4n) is 4.81. The lowest BCUT2D eigenvalue weighted by atomic mass is 9.64. The quantitative estimate of drug-likeness (QED) is 0.353. The Labute approximate surface area is 206 Å². The fourth-order valence-corrected chi connectivity index (χ4v) is 5.72. The van der Waals surface area contributed by atoms with Crippen LogP contribution in [0.5, 0.6) is 0 Å². The molecule has 1 aromatic carbocycles. The Morgan fingerprint density at radius 1 is 1.20 bits per heavy atom. The predicted octanol–water partition coefficient (Wildman–Crippen LogP) is 2.43. The van der Waals surface area contributed by atoms with Gasteiger partial charge in [-0.3, -0.25) is 9.59 Å². The normalized spacial score (nSPS) is 24.1. The van der Waals surface area contributed by atoms with Gasteiger partial charge in [0.2, 0.25) is 5.91 Å². The number of benzene rings is 1. The van der Waals surface area contributed by atoms with Crippen molar-refractivity contribution in [2.45, 2.75) is 59.9 Å². The Morgan fingerprint density at radius 3 is 2.43 bits per heavy atom. The highest BCUT2D eigenvalue weighted by Gasteiger charge is 2.60. The molecule has 0 radical (unpaired) electrons. The van der Waals surface area contributed by atoms with Crippen LogP contribution in [0.15, 0.2) is 18.2 Å². The molecular weight excluding hydrogens is 476 g/mol. The lowest BCUT2D eigenvalue weighted by Crippen LogP contribution is -2.46. The molecule has 1 heterocycles. The maximum Gasteiger partial charge on any atom is 0.421 e. The van der Waals surface area contributed by atoms with Gasteiger partial charge in [0.1, 0.15) is 0 Å². The summed E-state index contributed by atoms with van der Waals surface area (Å²) in [6, 6.07) is 5.07. The first-order valence-corrected chi connectivity index (χ1v) is 13.0. The second-order valence-corrected chi connectivity index (χ2v) is 11.5. The van der Waals surface area contributed by atoms with Crippen LogP contribution in [-0.2, 0) is 33.2 Å². The molecule has 3 rings (SSSR count). The zero-order valence-corrected chi connectivity index (χ0v) is 21.6. The first-order valence-electron chi connectivity index (χ1n) is 11.7. The van der Waals surface area contributed by atoms with E-state index < -0.39 is 45.5 Å². The van der Waals surface area contributed by atoms with Crippen molar-refractivity contribution < 1.29 is 36.0 Å². The summed E-state index contributed by atoms with van der Waals surface area (Å²) in [7, 11) is -4.51. The second kappa shape index (κ2) is 10.2. The van der Waals surface area contributed by atoms with Gasteiger partial charge < -0.3 is 10.5 Å². The standard InChI is InChI=1S/C24H34N2O8S/c1-14-8-6-9-15(2)19(14)23(29)32-11-7-10-24(4,5)13-33-35(30,31)34-26-16(3)17-12-18(21(25)27)20(17)22(26)28/h6,8-9,16-18,20H,7,10-13H2,1-5H3,(H2,25,27)/t16-,17-,18+,20?/m0/s1. The maximum atomic E-state index is 12.6. The number of aryl methyl sites for hydroxylation is 2. The summed E-state index contributed by atoms with van der Waals surface area (Å²) < 4.78 is 40.2. The number of carbonyl (C=O) groups is 3. The summed E-state index contributed by atoms with van der Waals surface area (Å²) in [6.07, 6.45) is 1.45. The Morgan fingerprint density at radius 2 is 1.83 bits per heavy atom. The van der Waals surface area contributed by atoms with Crippen molar-refractivity contribution in [3.8, 4) is 0 Å². The Bertz CT molecular complexity index is 1080. The second-order valence-electron chi connectivity index (χ2n) is 10.3.